The number of nitrogens with one attached hydrogen (secondary N) is 1. The zero-order valence-electron chi connectivity index (χ0n) is 7.07. The van der Waals surface area contributed by atoms with Crippen molar-refractivity contribution in [1.82, 2.24) is 9.97 Å². The lowest BCUT2D eigenvalue weighted by atomic mass is 10.1. The van der Waals surface area contributed by atoms with Crippen molar-refractivity contribution in [2.45, 2.75) is 6.92 Å². The van der Waals surface area contributed by atoms with E-state index in [-0.39, 0.29) is 0 Å². The van der Waals surface area contributed by atoms with Gasteiger partial charge in [0.05, 0.1) is 24.5 Å². The van der Waals surface area contributed by atoms with Crippen molar-refractivity contribution in [3.8, 4) is 11.3 Å². The van der Waals surface area contributed by atoms with Gasteiger partial charge in [0.1, 0.15) is 4.64 Å². The Morgan fingerprint density at radius 1 is 1.54 bits per heavy atom. The molecule has 0 unspecified atom stereocenters. The first-order valence-corrected chi connectivity index (χ1v) is 4.26. The Morgan fingerprint density at radius 3 is 3.08 bits per heavy atom. The van der Waals surface area contributed by atoms with Gasteiger partial charge in [-0.3, -0.25) is 0 Å². The Hall–Kier alpha value is -1.42. The summed E-state index contributed by atoms with van der Waals surface area (Å²) in [4.78, 5) is 7.02. The lowest BCUT2D eigenvalue weighted by Crippen LogP contribution is -1.89. The van der Waals surface area contributed by atoms with E-state index < -0.39 is 0 Å². The molecule has 0 aliphatic rings. The van der Waals surface area contributed by atoms with Crippen LogP contribution in [0.25, 0.3) is 11.3 Å². The summed E-state index contributed by atoms with van der Waals surface area (Å²) in [7, 11) is 0. The molecule has 0 bridgehead atoms. The molecule has 0 saturated heterocycles. The zero-order chi connectivity index (χ0) is 9.26. The van der Waals surface area contributed by atoms with E-state index in [9.17, 15) is 0 Å². The highest BCUT2D eigenvalue weighted by molar-refractivity contribution is 7.71. The fraction of sp³-hybridized carbons (Fsp3) is 0.111. The van der Waals surface area contributed by atoms with Crippen molar-refractivity contribution in [3.63, 3.8) is 0 Å². The number of aromatic nitrogens is 2. The first kappa shape index (κ1) is 8.19. The molecule has 2 rings (SSSR count). The van der Waals surface area contributed by atoms with Crippen molar-refractivity contribution in [2.24, 2.45) is 0 Å². The molecule has 0 amide bonds. The van der Waals surface area contributed by atoms with E-state index in [0.29, 0.717) is 4.64 Å². The fourth-order valence-electron chi connectivity index (χ4n) is 1.17. The first-order valence-electron chi connectivity index (χ1n) is 3.86. The van der Waals surface area contributed by atoms with Gasteiger partial charge in [0, 0.05) is 11.1 Å². The van der Waals surface area contributed by atoms with Crippen LogP contribution in [0, 0.1) is 11.6 Å². The molecule has 4 heteroatoms. The third-order valence-corrected chi connectivity index (χ3v) is 2.31. The van der Waals surface area contributed by atoms with E-state index >= 15 is 0 Å². The van der Waals surface area contributed by atoms with E-state index in [2.05, 4.69) is 9.97 Å². The molecule has 2 aromatic rings. The Balaban J connectivity index is 2.66. The van der Waals surface area contributed by atoms with Crippen LogP contribution in [-0.2, 0) is 0 Å². The summed E-state index contributed by atoms with van der Waals surface area (Å²) < 4.78 is 5.61. The average molecular weight is 192 g/mol. The van der Waals surface area contributed by atoms with Crippen LogP contribution >= 0.6 is 12.2 Å². The Morgan fingerprint density at radius 2 is 2.38 bits per heavy atom. The van der Waals surface area contributed by atoms with Crippen LogP contribution in [0.5, 0.6) is 0 Å². The maximum Gasteiger partial charge on any atom is 0.132 e. The molecule has 2 heterocycles. The summed E-state index contributed by atoms with van der Waals surface area (Å²) in [6, 6.07) is 1.88. The molecule has 3 nitrogen and oxygen atoms in total. The molecule has 0 fully saturated rings. The Bertz CT molecular complexity index is 459. The normalized spacial score (nSPS) is 10.2. The molecule has 0 saturated carbocycles. The van der Waals surface area contributed by atoms with Crippen LogP contribution in [0.4, 0.5) is 0 Å². The van der Waals surface area contributed by atoms with Gasteiger partial charge in [-0.1, -0.05) is 12.2 Å². The third kappa shape index (κ3) is 1.40. The molecule has 0 aliphatic carbocycles. The van der Waals surface area contributed by atoms with E-state index in [1.54, 1.807) is 18.9 Å². The van der Waals surface area contributed by atoms with Gasteiger partial charge < -0.3 is 9.40 Å². The van der Waals surface area contributed by atoms with Crippen molar-refractivity contribution < 1.29 is 4.42 Å². The summed E-state index contributed by atoms with van der Waals surface area (Å²) >= 11 is 5.05. The van der Waals surface area contributed by atoms with Gasteiger partial charge in [-0.05, 0) is 13.0 Å². The Labute approximate surface area is 80.4 Å². The number of rotatable bonds is 1. The highest BCUT2D eigenvalue weighted by Gasteiger charge is 2.03. The van der Waals surface area contributed by atoms with Gasteiger partial charge in [0.15, 0.2) is 0 Å². The van der Waals surface area contributed by atoms with Gasteiger partial charge in [0.25, 0.3) is 0 Å². The average Bonchev–Trinajstić information content (AvgIpc) is 2.62. The minimum atomic E-state index is 0.620. The van der Waals surface area contributed by atoms with Crippen LogP contribution < -0.4 is 0 Å². The molecule has 66 valence electrons. The number of hydrogen-bond donors (Lipinski definition) is 1. The predicted molar refractivity (Wildman–Crippen MR) is 51.9 cm³/mol. The number of H-pyrrole nitrogens is 1. The molecule has 13 heavy (non-hydrogen) atoms. The minimum absolute atomic E-state index is 0.620. The summed E-state index contributed by atoms with van der Waals surface area (Å²) in [6.07, 6.45) is 4.90. The van der Waals surface area contributed by atoms with Crippen molar-refractivity contribution in [1.29, 1.82) is 0 Å². The quantitative estimate of drug-likeness (QED) is 0.706. The molecular weight excluding hydrogens is 184 g/mol. The lowest BCUT2D eigenvalue weighted by molar-refractivity contribution is 0.568. The van der Waals surface area contributed by atoms with Crippen LogP contribution in [-0.4, -0.2) is 9.97 Å². The monoisotopic (exact) mass is 192 g/mol. The largest absolute Gasteiger partial charge is 0.472 e. The molecule has 0 atom stereocenters. The zero-order valence-corrected chi connectivity index (χ0v) is 7.89. The van der Waals surface area contributed by atoms with Crippen molar-refractivity contribution in [3.05, 3.63) is 35.1 Å². The molecule has 0 radical (unpaired) electrons. The molecule has 0 aliphatic heterocycles. The number of hydrogen-bond acceptors (Lipinski definition) is 3. The highest BCUT2D eigenvalue weighted by Crippen LogP contribution is 2.20. The van der Waals surface area contributed by atoms with E-state index in [1.807, 2.05) is 13.0 Å². The maximum absolute atomic E-state index is 5.05. The maximum atomic E-state index is 5.05. The SMILES string of the molecule is Cc1c(-c2ccoc2)[nH]cnc1=S. The molecule has 0 spiro atoms. The molecule has 2 aromatic heterocycles. The van der Waals surface area contributed by atoms with Crippen molar-refractivity contribution >= 4 is 12.2 Å². The minimum Gasteiger partial charge on any atom is -0.472 e. The summed E-state index contributed by atoms with van der Waals surface area (Å²) in [5, 5.41) is 0. The van der Waals surface area contributed by atoms with Gasteiger partial charge in [0.2, 0.25) is 0 Å². The van der Waals surface area contributed by atoms with Crippen LogP contribution in [0.2, 0.25) is 0 Å². The second-order valence-corrected chi connectivity index (χ2v) is 3.11. The fourth-order valence-corrected chi connectivity index (χ4v) is 1.33. The van der Waals surface area contributed by atoms with Gasteiger partial charge in [-0.15, -0.1) is 0 Å². The summed E-state index contributed by atoms with van der Waals surface area (Å²) in [6.45, 7) is 1.94. The standard InChI is InChI=1S/C9H8N2OS/c1-6-8(7-2-3-12-4-7)10-5-11-9(6)13/h2-5H,1H3,(H,10,11,13). The molecular formula is C9H8N2OS. The first-order chi connectivity index (χ1) is 6.29. The van der Waals surface area contributed by atoms with Crippen LogP contribution in [0.3, 0.4) is 0 Å². The van der Waals surface area contributed by atoms with E-state index in [1.165, 1.54) is 0 Å². The topological polar surface area (TPSA) is 41.8 Å². The second-order valence-electron chi connectivity index (χ2n) is 2.72. The third-order valence-electron chi connectivity index (χ3n) is 1.90. The number of aromatic amines is 1. The lowest BCUT2D eigenvalue weighted by Gasteiger charge is -2.00. The molecule has 1 N–H and O–H groups in total. The summed E-state index contributed by atoms with van der Waals surface area (Å²) in [5.74, 6) is 0. The smallest absolute Gasteiger partial charge is 0.132 e. The Kier molecular flexibility index (Phi) is 1.98. The van der Waals surface area contributed by atoms with Gasteiger partial charge >= 0.3 is 0 Å². The summed E-state index contributed by atoms with van der Waals surface area (Å²) in [5.41, 5.74) is 2.93. The number of nitrogens with zero attached hydrogens (tertiary/aromatic N) is 1. The second kappa shape index (κ2) is 3.14. The van der Waals surface area contributed by atoms with Crippen molar-refractivity contribution in [2.75, 3.05) is 0 Å². The van der Waals surface area contributed by atoms with Gasteiger partial charge in [-0.25, -0.2) is 4.98 Å². The van der Waals surface area contributed by atoms with Crippen LogP contribution in [0.15, 0.2) is 29.3 Å². The number of furan rings is 1. The predicted octanol–water partition coefficient (Wildman–Crippen LogP) is 2.71. The molecule has 0 aromatic carbocycles. The van der Waals surface area contributed by atoms with E-state index in [0.717, 1.165) is 16.8 Å². The van der Waals surface area contributed by atoms with Gasteiger partial charge in [-0.2, -0.15) is 0 Å². The highest BCUT2D eigenvalue weighted by atomic mass is 32.1. The van der Waals surface area contributed by atoms with Crippen LogP contribution in [0.1, 0.15) is 5.56 Å². The van der Waals surface area contributed by atoms with E-state index in [4.69, 9.17) is 16.6 Å².